The minimum Gasteiger partial charge on any atom is -0.508 e. The zero-order chi connectivity index (χ0) is 8.43. The number of aromatic hydroxyl groups is 1. The van der Waals surface area contributed by atoms with Gasteiger partial charge in [-0.3, -0.25) is 0 Å². The second kappa shape index (κ2) is 2.88. The predicted molar refractivity (Wildman–Crippen MR) is 38.7 cm³/mol. The van der Waals surface area contributed by atoms with Crippen LogP contribution in [0.25, 0.3) is 0 Å². The summed E-state index contributed by atoms with van der Waals surface area (Å²) in [5, 5.41) is 17.9. The number of phenolic OH excluding ortho intramolecular Hbond substituents is 1. The van der Waals surface area contributed by atoms with E-state index in [4.69, 9.17) is 10.2 Å². The first-order valence-electron chi connectivity index (χ1n) is 3.27. The van der Waals surface area contributed by atoms with Crippen LogP contribution < -0.4 is 0 Å². The van der Waals surface area contributed by atoms with Crippen molar-refractivity contribution < 1.29 is 14.6 Å². The topological polar surface area (TPSA) is 40.5 Å². The lowest BCUT2D eigenvalue weighted by atomic mass is 10.1. The quantitative estimate of drug-likeness (QED) is 0.648. The van der Waals surface area contributed by atoms with E-state index in [-0.39, 0.29) is 11.3 Å². The molecule has 0 bridgehead atoms. The Morgan fingerprint density at radius 1 is 1.45 bits per heavy atom. The third-order valence-electron chi connectivity index (χ3n) is 1.43. The first-order chi connectivity index (χ1) is 5.11. The highest BCUT2D eigenvalue weighted by Gasteiger charge is 2.07. The number of rotatable bonds is 1. The molecule has 1 aromatic rings. The first-order valence-corrected chi connectivity index (χ1v) is 3.27. The van der Waals surface area contributed by atoms with E-state index in [1.165, 1.54) is 19.1 Å². The molecule has 0 amide bonds. The van der Waals surface area contributed by atoms with Gasteiger partial charge in [-0.1, -0.05) is 0 Å². The van der Waals surface area contributed by atoms with Crippen molar-refractivity contribution in [2.75, 3.05) is 0 Å². The van der Waals surface area contributed by atoms with Gasteiger partial charge in [-0.15, -0.1) is 0 Å². The molecule has 11 heavy (non-hydrogen) atoms. The molecule has 1 rings (SSSR count). The molecule has 60 valence electrons. The van der Waals surface area contributed by atoms with Crippen molar-refractivity contribution >= 4 is 0 Å². The Bertz CT molecular complexity index is 258. The second-order valence-electron chi connectivity index (χ2n) is 2.38. The van der Waals surface area contributed by atoms with Gasteiger partial charge in [0, 0.05) is 5.56 Å². The van der Waals surface area contributed by atoms with Gasteiger partial charge in [0.1, 0.15) is 11.6 Å². The molecule has 1 aromatic carbocycles. The molecule has 0 heterocycles. The molecule has 0 aromatic heterocycles. The third kappa shape index (κ3) is 1.68. The van der Waals surface area contributed by atoms with E-state index in [0.717, 1.165) is 6.07 Å². The summed E-state index contributed by atoms with van der Waals surface area (Å²) in [4.78, 5) is 0. The van der Waals surface area contributed by atoms with Crippen LogP contribution in [0.5, 0.6) is 5.75 Å². The zero-order valence-corrected chi connectivity index (χ0v) is 6.08. The molecule has 0 radical (unpaired) electrons. The molecule has 3 heteroatoms. The van der Waals surface area contributed by atoms with Gasteiger partial charge < -0.3 is 10.2 Å². The number of aliphatic hydroxyl groups is 1. The fraction of sp³-hybridized carbons (Fsp3) is 0.250. The second-order valence-corrected chi connectivity index (χ2v) is 2.38. The number of hydrogen-bond acceptors (Lipinski definition) is 2. The van der Waals surface area contributed by atoms with Crippen molar-refractivity contribution in [3.63, 3.8) is 0 Å². The number of halogens is 1. The molecule has 0 saturated heterocycles. The molecule has 0 aliphatic carbocycles. The van der Waals surface area contributed by atoms with Gasteiger partial charge in [-0.2, -0.15) is 0 Å². The summed E-state index contributed by atoms with van der Waals surface area (Å²) >= 11 is 0. The number of aliphatic hydroxyl groups excluding tert-OH is 1. The maximum atomic E-state index is 12.7. The normalized spacial score (nSPS) is 13.0. The van der Waals surface area contributed by atoms with E-state index in [1.54, 1.807) is 0 Å². The molecule has 0 spiro atoms. The van der Waals surface area contributed by atoms with Crippen molar-refractivity contribution in [3.8, 4) is 5.75 Å². The van der Waals surface area contributed by atoms with Crippen LogP contribution in [-0.2, 0) is 0 Å². The predicted octanol–water partition coefficient (Wildman–Crippen LogP) is 1.58. The summed E-state index contributed by atoms with van der Waals surface area (Å²) in [7, 11) is 0. The van der Waals surface area contributed by atoms with Gasteiger partial charge in [0.05, 0.1) is 6.10 Å². The van der Waals surface area contributed by atoms with Crippen molar-refractivity contribution in [1.29, 1.82) is 0 Å². The Morgan fingerprint density at radius 3 is 2.55 bits per heavy atom. The summed E-state index contributed by atoms with van der Waals surface area (Å²) < 4.78 is 12.7. The lowest BCUT2D eigenvalue weighted by molar-refractivity contribution is 0.193. The average Bonchev–Trinajstić information content (AvgIpc) is 1.94. The lowest BCUT2D eigenvalue weighted by Gasteiger charge is -2.05. The van der Waals surface area contributed by atoms with E-state index in [0.29, 0.717) is 0 Å². The standard InChI is InChI=1S/C8H9FO2/c1-5(10)7-4-6(11)2-3-8(7)9/h2-5,10-11H,1H3. The Hall–Kier alpha value is -1.09. The number of phenols is 1. The highest BCUT2D eigenvalue weighted by Crippen LogP contribution is 2.20. The molecule has 2 nitrogen and oxygen atoms in total. The van der Waals surface area contributed by atoms with Crippen LogP contribution in [0.3, 0.4) is 0 Å². The molecule has 0 aliphatic rings. The van der Waals surface area contributed by atoms with Crippen LogP contribution >= 0.6 is 0 Å². The third-order valence-corrected chi connectivity index (χ3v) is 1.43. The monoisotopic (exact) mass is 156 g/mol. The lowest BCUT2D eigenvalue weighted by Crippen LogP contribution is -1.94. The van der Waals surface area contributed by atoms with Gasteiger partial charge >= 0.3 is 0 Å². The summed E-state index contributed by atoms with van der Waals surface area (Å²) in [6.07, 6.45) is -0.887. The van der Waals surface area contributed by atoms with Crippen molar-refractivity contribution in [2.24, 2.45) is 0 Å². The van der Waals surface area contributed by atoms with Crippen LogP contribution in [0.4, 0.5) is 4.39 Å². The molecular weight excluding hydrogens is 147 g/mol. The van der Waals surface area contributed by atoms with Crippen LogP contribution in [-0.4, -0.2) is 10.2 Å². The maximum Gasteiger partial charge on any atom is 0.129 e. The summed E-state index contributed by atoms with van der Waals surface area (Å²) in [6, 6.07) is 3.57. The van der Waals surface area contributed by atoms with Crippen molar-refractivity contribution in [2.45, 2.75) is 13.0 Å². The van der Waals surface area contributed by atoms with Crippen molar-refractivity contribution in [1.82, 2.24) is 0 Å². The molecule has 1 unspecified atom stereocenters. The molecule has 0 aliphatic heterocycles. The summed E-state index contributed by atoms with van der Waals surface area (Å²) in [5.74, 6) is -0.542. The van der Waals surface area contributed by atoms with E-state index in [1.807, 2.05) is 0 Å². The van der Waals surface area contributed by atoms with Crippen LogP contribution in [0.15, 0.2) is 18.2 Å². The number of hydrogen-bond donors (Lipinski definition) is 2. The van der Waals surface area contributed by atoms with Crippen LogP contribution in [0, 0.1) is 5.82 Å². The Morgan fingerprint density at radius 2 is 2.09 bits per heavy atom. The fourth-order valence-corrected chi connectivity index (χ4v) is 0.851. The first kappa shape index (κ1) is 8.01. The Labute approximate surface area is 63.9 Å². The van der Waals surface area contributed by atoms with Crippen molar-refractivity contribution in [3.05, 3.63) is 29.6 Å². The minimum atomic E-state index is -0.887. The number of benzene rings is 1. The van der Waals surface area contributed by atoms with E-state index in [2.05, 4.69) is 0 Å². The van der Waals surface area contributed by atoms with Gasteiger partial charge in [0.15, 0.2) is 0 Å². The van der Waals surface area contributed by atoms with Gasteiger partial charge in [0.25, 0.3) is 0 Å². The van der Waals surface area contributed by atoms with E-state index >= 15 is 0 Å². The van der Waals surface area contributed by atoms with Gasteiger partial charge in [-0.25, -0.2) is 4.39 Å². The largest absolute Gasteiger partial charge is 0.508 e. The highest BCUT2D eigenvalue weighted by atomic mass is 19.1. The highest BCUT2D eigenvalue weighted by molar-refractivity contribution is 5.29. The summed E-state index contributed by atoms with van der Waals surface area (Å²) in [5.41, 5.74) is 0.116. The fourth-order valence-electron chi connectivity index (χ4n) is 0.851. The maximum absolute atomic E-state index is 12.7. The van der Waals surface area contributed by atoms with E-state index in [9.17, 15) is 4.39 Å². The average molecular weight is 156 g/mol. The van der Waals surface area contributed by atoms with Crippen LogP contribution in [0.1, 0.15) is 18.6 Å². The molecule has 2 N–H and O–H groups in total. The van der Waals surface area contributed by atoms with Gasteiger partial charge in [-0.05, 0) is 25.1 Å². The van der Waals surface area contributed by atoms with Gasteiger partial charge in [0.2, 0.25) is 0 Å². The zero-order valence-electron chi connectivity index (χ0n) is 6.08. The molecular formula is C8H9FO2. The van der Waals surface area contributed by atoms with E-state index < -0.39 is 11.9 Å². The van der Waals surface area contributed by atoms with Crippen LogP contribution in [0.2, 0.25) is 0 Å². The summed E-state index contributed by atoms with van der Waals surface area (Å²) in [6.45, 7) is 1.44. The minimum absolute atomic E-state index is 0.0395. The SMILES string of the molecule is CC(O)c1cc(O)ccc1F. The Balaban J connectivity index is 3.13. The molecule has 1 atom stereocenters. The molecule has 0 saturated carbocycles. The smallest absolute Gasteiger partial charge is 0.129 e. The molecule has 0 fully saturated rings. The Kier molecular flexibility index (Phi) is 2.10.